The topological polar surface area (TPSA) is 42.4 Å². The van der Waals surface area contributed by atoms with Gasteiger partial charge in [-0.25, -0.2) is 0 Å². The second-order valence-corrected chi connectivity index (χ2v) is 3.85. The van der Waals surface area contributed by atoms with Crippen LogP contribution >= 0.6 is 0 Å². The normalized spacial score (nSPS) is 15.5. The highest BCUT2D eigenvalue weighted by Crippen LogP contribution is 2.23. The van der Waals surface area contributed by atoms with E-state index in [1.54, 1.807) is 6.26 Å². The van der Waals surface area contributed by atoms with Crippen LogP contribution in [0.25, 0.3) is 0 Å². The second kappa shape index (κ2) is 5.93. The van der Waals surface area contributed by atoms with Gasteiger partial charge >= 0.3 is 0 Å². The first kappa shape index (κ1) is 12.3. The zero-order chi connectivity index (χ0) is 11.3. The largest absolute Gasteiger partial charge is 0.468 e. The van der Waals surface area contributed by atoms with Gasteiger partial charge in [0, 0.05) is 12.6 Å². The van der Waals surface area contributed by atoms with Crippen molar-refractivity contribution < 1.29 is 4.42 Å². The Morgan fingerprint density at radius 1 is 1.47 bits per heavy atom. The number of likely N-dealkylation sites (N-methyl/N-ethyl adjacent to an activating group) is 1. The zero-order valence-electron chi connectivity index (χ0n) is 9.94. The molecule has 86 valence electrons. The van der Waals surface area contributed by atoms with Gasteiger partial charge in [0.1, 0.15) is 5.76 Å². The summed E-state index contributed by atoms with van der Waals surface area (Å²) in [5, 5.41) is 0. The summed E-state index contributed by atoms with van der Waals surface area (Å²) in [4.78, 5) is 2.39. The number of hydrogen-bond acceptors (Lipinski definition) is 3. The molecule has 2 atom stereocenters. The Morgan fingerprint density at radius 3 is 2.60 bits per heavy atom. The molecule has 0 saturated carbocycles. The van der Waals surface area contributed by atoms with E-state index in [0.29, 0.717) is 12.6 Å². The van der Waals surface area contributed by atoms with Crippen molar-refractivity contribution in [2.24, 2.45) is 5.73 Å². The molecule has 0 aromatic carbocycles. The summed E-state index contributed by atoms with van der Waals surface area (Å²) in [6, 6.07) is 4.67. The molecule has 0 saturated heterocycles. The molecule has 3 nitrogen and oxygen atoms in total. The maximum atomic E-state index is 5.83. The second-order valence-electron chi connectivity index (χ2n) is 3.85. The van der Waals surface area contributed by atoms with E-state index in [1.807, 2.05) is 12.1 Å². The van der Waals surface area contributed by atoms with Crippen molar-refractivity contribution in [3.63, 3.8) is 0 Å². The molecule has 0 aliphatic heterocycles. The number of nitrogens with zero attached hydrogens (tertiary/aromatic N) is 1. The molecule has 1 rings (SSSR count). The van der Waals surface area contributed by atoms with Crippen LogP contribution in [-0.4, -0.2) is 24.0 Å². The Morgan fingerprint density at radius 2 is 2.20 bits per heavy atom. The minimum atomic E-state index is 0.208. The molecule has 0 aliphatic carbocycles. The summed E-state index contributed by atoms with van der Waals surface area (Å²) in [5.74, 6) is 0.972. The van der Waals surface area contributed by atoms with Crippen molar-refractivity contribution in [1.82, 2.24) is 4.90 Å². The van der Waals surface area contributed by atoms with Gasteiger partial charge in [-0.05, 0) is 32.0 Å². The molecule has 0 amide bonds. The molecule has 1 aromatic rings. The Labute approximate surface area is 92.2 Å². The Kier molecular flexibility index (Phi) is 4.85. The van der Waals surface area contributed by atoms with Gasteiger partial charge in [0.05, 0.1) is 12.3 Å². The minimum Gasteiger partial charge on any atom is -0.468 e. The molecule has 15 heavy (non-hydrogen) atoms. The van der Waals surface area contributed by atoms with Gasteiger partial charge in [-0.1, -0.05) is 13.8 Å². The first-order chi connectivity index (χ1) is 7.24. The van der Waals surface area contributed by atoms with E-state index in [1.165, 1.54) is 0 Å². The van der Waals surface area contributed by atoms with Gasteiger partial charge in [0.15, 0.2) is 0 Å². The van der Waals surface area contributed by atoms with Gasteiger partial charge in [0.25, 0.3) is 0 Å². The van der Waals surface area contributed by atoms with Crippen LogP contribution in [0.2, 0.25) is 0 Å². The molecule has 0 radical (unpaired) electrons. The fourth-order valence-electron chi connectivity index (χ4n) is 1.97. The molecule has 0 bridgehead atoms. The first-order valence-electron chi connectivity index (χ1n) is 5.73. The average Bonchev–Trinajstić information content (AvgIpc) is 2.77. The monoisotopic (exact) mass is 210 g/mol. The fraction of sp³-hybridized carbons (Fsp3) is 0.667. The van der Waals surface area contributed by atoms with E-state index < -0.39 is 0 Å². The SMILES string of the molecule is CCC(C)N(CC)C(CN)c1ccco1. The Bertz CT molecular complexity index is 259. The zero-order valence-corrected chi connectivity index (χ0v) is 9.94. The maximum Gasteiger partial charge on any atom is 0.122 e. The molecule has 1 aromatic heterocycles. The van der Waals surface area contributed by atoms with Crippen molar-refractivity contribution in [2.45, 2.75) is 39.3 Å². The number of hydrogen-bond donors (Lipinski definition) is 1. The highest BCUT2D eigenvalue weighted by molar-refractivity contribution is 5.05. The van der Waals surface area contributed by atoms with Crippen LogP contribution in [0.3, 0.4) is 0 Å². The molecule has 0 aliphatic rings. The number of furan rings is 1. The summed E-state index contributed by atoms with van der Waals surface area (Å²) in [7, 11) is 0. The van der Waals surface area contributed by atoms with E-state index in [-0.39, 0.29) is 6.04 Å². The molecule has 0 fully saturated rings. The number of rotatable bonds is 6. The van der Waals surface area contributed by atoms with Crippen LogP contribution in [0.5, 0.6) is 0 Å². The average molecular weight is 210 g/mol. The third kappa shape index (κ3) is 2.83. The van der Waals surface area contributed by atoms with E-state index in [9.17, 15) is 0 Å². The van der Waals surface area contributed by atoms with Crippen molar-refractivity contribution >= 4 is 0 Å². The lowest BCUT2D eigenvalue weighted by atomic mass is 10.1. The van der Waals surface area contributed by atoms with Gasteiger partial charge < -0.3 is 10.2 Å². The third-order valence-electron chi connectivity index (χ3n) is 3.02. The van der Waals surface area contributed by atoms with Crippen molar-refractivity contribution in [3.05, 3.63) is 24.2 Å². The summed E-state index contributed by atoms with van der Waals surface area (Å²) < 4.78 is 5.44. The fourth-order valence-corrected chi connectivity index (χ4v) is 1.97. The van der Waals surface area contributed by atoms with Gasteiger partial charge in [0.2, 0.25) is 0 Å². The molecule has 2 N–H and O–H groups in total. The highest BCUT2D eigenvalue weighted by atomic mass is 16.3. The van der Waals surface area contributed by atoms with E-state index in [4.69, 9.17) is 10.2 Å². The van der Waals surface area contributed by atoms with Crippen LogP contribution in [0.1, 0.15) is 39.0 Å². The van der Waals surface area contributed by atoms with Gasteiger partial charge in [-0.2, -0.15) is 0 Å². The minimum absolute atomic E-state index is 0.208. The molecule has 3 heteroatoms. The Hall–Kier alpha value is -0.800. The van der Waals surface area contributed by atoms with Gasteiger partial charge in [-0.3, -0.25) is 4.90 Å². The van der Waals surface area contributed by atoms with Crippen LogP contribution < -0.4 is 5.73 Å². The molecular formula is C12H22N2O. The lowest BCUT2D eigenvalue weighted by molar-refractivity contribution is 0.135. The van der Waals surface area contributed by atoms with Crippen LogP contribution in [0, 0.1) is 0 Å². The van der Waals surface area contributed by atoms with E-state index in [2.05, 4.69) is 25.7 Å². The van der Waals surface area contributed by atoms with Crippen molar-refractivity contribution in [3.8, 4) is 0 Å². The lowest BCUT2D eigenvalue weighted by Crippen LogP contribution is -2.39. The van der Waals surface area contributed by atoms with Crippen LogP contribution in [0.4, 0.5) is 0 Å². The summed E-state index contributed by atoms with van der Waals surface area (Å²) in [6.45, 7) is 8.19. The summed E-state index contributed by atoms with van der Waals surface area (Å²) in [6.07, 6.45) is 2.84. The highest BCUT2D eigenvalue weighted by Gasteiger charge is 2.23. The lowest BCUT2D eigenvalue weighted by Gasteiger charge is -2.33. The maximum absolute atomic E-state index is 5.83. The number of nitrogens with two attached hydrogens (primary N) is 1. The summed E-state index contributed by atoms with van der Waals surface area (Å²) >= 11 is 0. The molecule has 0 spiro atoms. The predicted molar refractivity (Wildman–Crippen MR) is 62.6 cm³/mol. The van der Waals surface area contributed by atoms with E-state index >= 15 is 0 Å². The Balaban J connectivity index is 2.80. The standard InChI is InChI=1S/C12H22N2O/c1-4-10(3)14(5-2)11(9-13)12-7-6-8-15-12/h6-8,10-11H,4-5,9,13H2,1-3H3. The molecule has 1 heterocycles. The van der Waals surface area contributed by atoms with E-state index in [0.717, 1.165) is 18.7 Å². The molecular weight excluding hydrogens is 188 g/mol. The van der Waals surface area contributed by atoms with Gasteiger partial charge in [-0.15, -0.1) is 0 Å². The van der Waals surface area contributed by atoms with Crippen LogP contribution in [-0.2, 0) is 0 Å². The molecule has 2 unspecified atom stereocenters. The third-order valence-corrected chi connectivity index (χ3v) is 3.02. The van der Waals surface area contributed by atoms with Crippen LogP contribution in [0.15, 0.2) is 22.8 Å². The van der Waals surface area contributed by atoms with Crippen molar-refractivity contribution in [2.75, 3.05) is 13.1 Å². The van der Waals surface area contributed by atoms with Crippen molar-refractivity contribution in [1.29, 1.82) is 0 Å². The quantitative estimate of drug-likeness (QED) is 0.784. The first-order valence-corrected chi connectivity index (χ1v) is 5.73. The smallest absolute Gasteiger partial charge is 0.122 e. The summed E-state index contributed by atoms with van der Waals surface area (Å²) in [5.41, 5.74) is 5.83. The predicted octanol–water partition coefficient (Wildman–Crippen LogP) is 2.40.